The fourth-order valence-electron chi connectivity index (χ4n) is 7.74. The molecule has 1 atom stereocenters. The number of ether oxygens (including phenoxy) is 3. The Labute approximate surface area is 451 Å². The summed E-state index contributed by atoms with van der Waals surface area (Å²) in [4.78, 5) is 101. The zero-order valence-electron chi connectivity index (χ0n) is 42.1. The molecule has 0 radical (unpaired) electrons. The third-order valence-corrected chi connectivity index (χ3v) is 11.1. The predicted octanol–water partition coefficient (Wildman–Crippen LogP) is 9.18. The molecule has 0 spiro atoms. The molecule has 0 aliphatic carbocycles. The second-order valence-corrected chi connectivity index (χ2v) is 17.2. The quantitative estimate of drug-likeness (QED) is 0.0216. The molecule has 4 N–H and O–H groups in total. The average Bonchev–Trinajstić information content (AvgIpc) is 4.31. The third-order valence-electron chi connectivity index (χ3n) is 11.1. The molecule has 0 fully saturated rings. The Kier molecular flexibility index (Phi) is 19.5. The molecule has 1 amide bonds. The van der Waals surface area contributed by atoms with Gasteiger partial charge in [0.25, 0.3) is 17.8 Å². The lowest BCUT2D eigenvalue weighted by atomic mass is 9.91. The van der Waals surface area contributed by atoms with E-state index in [1.54, 1.807) is 73.8 Å². The Morgan fingerprint density at radius 3 is 1.89 bits per heavy atom. The van der Waals surface area contributed by atoms with E-state index in [9.17, 15) is 51.1 Å². The van der Waals surface area contributed by atoms with E-state index in [1.165, 1.54) is 18.3 Å². The van der Waals surface area contributed by atoms with Crippen molar-refractivity contribution < 1.29 is 64.6 Å². The number of carbonyl (C=O) groups is 5. The molecule has 24 heteroatoms. The number of nitrogens with zero attached hydrogens (tertiary/aromatic N) is 4. The third kappa shape index (κ3) is 15.4. The van der Waals surface area contributed by atoms with Gasteiger partial charge in [0.1, 0.15) is 17.8 Å². The number of pyridine rings is 2. The lowest BCUT2D eigenvalue weighted by Crippen LogP contribution is -2.40. The number of para-hydroxylation sites is 4. The highest BCUT2D eigenvalue weighted by Crippen LogP contribution is 2.45. The number of alkyl halides is 4. The number of amides is 1. The second-order valence-electron chi connectivity index (χ2n) is 17.2. The minimum Gasteiger partial charge on any atom is -0.460 e. The number of aromatic amines is 2. The predicted molar refractivity (Wildman–Crippen MR) is 282 cm³/mol. The van der Waals surface area contributed by atoms with Crippen molar-refractivity contribution in [3.8, 4) is 23.3 Å². The van der Waals surface area contributed by atoms with Gasteiger partial charge >= 0.3 is 17.5 Å². The van der Waals surface area contributed by atoms with Gasteiger partial charge in [-0.25, -0.2) is 41.9 Å². The van der Waals surface area contributed by atoms with Crippen LogP contribution in [-0.2, 0) is 19.1 Å². The number of rotatable bonds is 15. The first kappa shape index (κ1) is 58.9. The highest BCUT2D eigenvalue weighted by Gasteiger charge is 2.47. The minimum absolute atomic E-state index is 0. The first-order chi connectivity index (χ1) is 37.2. The first-order valence-corrected chi connectivity index (χ1v) is 23.6. The summed E-state index contributed by atoms with van der Waals surface area (Å²) in [5.41, 5.74) is 8.65. The number of hydrogen-bond acceptors (Lipinski definition) is 16. The van der Waals surface area contributed by atoms with Gasteiger partial charge in [-0.3, -0.25) is 34.1 Å². The van der Waals surface area contributed by atoms with Crippen molar-refractivity contribution in [2.75, 3.05) is 26.2 Å². The van der Waals surface area contributed by atoms with E-state index in [-0.39, 0.29) is 48.2 Å². The Morgan fingerprint density at radius 2 is 1.32 bits per heavy atom. The van der Waals surface area contributed by atoms with Crippen molar-refractivity contribution in [2.24, 2.45) is 10.7 Å². The first-order valence-electron chi connectivity index (χ1n) is 23.6. The molecular weight excluding hydrogens is 1060 g/mol. The number of nitrogens with one attached hydrogen (secondary N) is 2. The summed E-state index contributed by atoms with van der Waals surface area (Å²) in [6.45, 7) is 1.87. The van der Waals surface area contributed by atoms with Crippen molar-refractivity contribution in [1.29, 1.82) is 0 Å². The number of ketones is 2. The van der Waals surface area contributed by atoms with Crippen LogP contribution in [0.25, 0.3) is 22.2 Å². The number of aliphatic imine (C=N–C) groups is 1. The minimum atomic E-state index is -3.13. The van der Waals surface area contributed by atoms with E-state index in [2.05, 4.69) is 35.4 Å². The molecule has 410 valence electrons. The Morgan fingerprint density at radius 1 is 0.759 bits per heavy atom. The van der Waals surface area contributed by atoms with Crippen molar-refractivity contribution >= 4 is 70.0 Å². The number of esters is 1. The zero-order chi connectivity index (χ0) is 56.1. The van der Waals surface area contributed by atoms with Crippen LogP contribution in [0.5, 0.6) is 23.3 Å². The topological polar surface area (TPSA) is 272 Å². The number of H-pyrrole nitrogens is 2. The molecule has 19 nitrogen and oxygen atoms in total. The maximum absolute atomic E-state index is 14.3. The summed E-state index contributed by atoms with van der Waals surface area (Å²) in [7, 11) is 0. The summed E-state index contributed by atoms with van der Waals surface area (Å²) in [5.74, 6) is -8.31. The van der Waals surface area contributed by atoms with Gasteiger partial charge in [-0.05, 0) is 73.2 Å². The Bertz CT molecular complexity index is 3670. The number of aldehydes is 1. The van der Waals surface area contributed by atoms with E-state index in [0.717, 1.165) is 25.0 Å². The fraction of sp³-hybridized carbons (Fsp3) is 0.200. The van der Waals surface area contributed by atoms with E-state index >= 15 is 0 Å². The van der Waals surface area contributed by atoms with Crippen molar-refractivity contribution in [2.45, 2.75) is 45.1 Å². The maximum Gasteiger partial charge on any atom is 0.417 e. The SMILES string of the molecule is CC(F)(F)CN.CC(F)(F)CN1C(=O)C2=C(C(c3cccc4[nH]c(=O)oc34)=NC2)C1c1ccnc(Oc2ccccc2)c1.CCOC(=O)C(=O)CC(=O)c1cccc2[nH]c(=O)oc12.Cl.O=Cc1ccnc(Oc2ccccc2)c1. The standard InChI is InChI=1S/C27H20F2N4O4.C13H11NO6.C12H9NO2.C3H7F2N.ClH/c1-27(28,29)14-33-23(15-10-11-30-20(12-15)36-16-6-3-2-4-7-16)21-18(25(33)34)13-31-22(21)17-8-5-9-19-24(17)37-26(35)32-19;1-2-19-12(17)10(16)6-9(15)7-4-3-5-8-11(7)20-13(18)14-8;14-9-10-6-7-13-12(8-10)15-11-4-2-1-3-5-11;1-3(4,5)2-6;/h2-12,23H,13-14H2,1H3,(H,32,35);3-5H,2,6H2,1H3,(H,14,18);1-9H;2,6H2,1H3;1H. The number of nitrogens with two attached hydrogens (primary N) is 1. The number of carbonyl (C=O) groups excluding carboxylic acids is 5. The fourth-order valence-corrected chi connectivity index (χ4v) is 7.74. The number of halogens is 5. The van der Waals surface area contributed by atoms with Crippen molar-refractivity contribution in [3.05, 3.63) is 188 Å². The summed E-state index contributed by atoms with van der Waals surface area (Å²) >= 11 is 0. The average molecular weight is 1110 g/mol. The van der Waals surface area contributed by atoms with Crippen LogP contribution in [0.15, 0.2) is 168 Å². The lowest BCUT2D eigenvalue weighted by molar-refractivity contribution is -0.153. The number of fused-ring (bicyclic) bond motifs is 2. The van der Waals surface area contributed by atoms with Gasteiger partial charge in [-0.2, -0.15) is 0 Å². The molecule has 2 aliphatic rings. The van der Waals surface area contributed by atoms with Crippen LogP contribution < -0.4 is 26.7 Å². The monoisotopic (exact) mass is 1110 g/mol. The molecule has 10 rings (SSSR count). The van der Waals surface area contributed by atoms with Gasteiger partial charge in [0.15, 0.2) is 16.9 Å². The number of hydrogen-bond donors (Lipinski definition) is 3. The van der Waals surface area contributed by atoms with Crippen LogP contribution in [-0.4, -0.2) is 98.4 Å². The molecule has 79 heavy (non-hydrogen) atoms. The summed E-state index contributed by atoms with van der Waals surface area (Å²) in [5, 5.41) is 0. The van der Waals surface area contributed by atoms with Crippen LogP contribution in [0.4, 0.5) is 17.6 Å². The van der Waals surface area contributed by atoms with Gasteiger partial charge in [0.2, 0.25) is 17.5 Å². The Hall–Kier alpha value is -9.35. The van der Waals surface area contributed by atoms with Crippen LogP contribution in [0.1, 0.15) is 65.1 Å². The molecular formula is C55H48ClF4N7O12. The van der Waals surface area contributed by atoms with Crippen LogP contribution >= 0.6 is 12.4 Å². The number of oxazole rings is 2. The van der Waals surface area contributed by atoms with E-state index in [0.29, 0.717) is 62.0 Å². The smallest absolute Gasteiger partial charge is 0.417 e. The second kappa shape index (κ2) is 26.1. The molecule has 4 aromatic carbocycles. The van der Waals surface area contributed by atoms with E-state index in [4.69, 9.17) is 18.3 Å². The summed E-state index contributed by atoms with van der Waals surface area (Å²) < 4.78 is 77.2. The molecule has 0 saturated carbocycles. The summed E-state index contributed by atoms with van der Waals surface area (Å²) in [6.07, 6.45) is 3.19. The lowest BCUT2D eigenvalue weighted by Gasteiger charge is -2.30. The number of benzene rings is 4. The van der Waals surface area contributed by atoms with E-state index in [1.807, 2.05) is 48.5 Å². The van der Waals surface area contributed by atoms with Gasteiger partial charge < -0.3 is 33.7 Å². The molecule has 4 aromatic heterocycles. The summed E-state index contributed by atoms with van der Waals surface area (Å²) in [6, 6.07) is 33.7. The molecule has 0 saturated heterocycles. The van der Waals surface area contributed by atoms with Gasteiger partial charge in [-0.1, -0.05) is 48.5 Å². The normalized spacial score (nSPS) is 13.6. The van der Waals surface area contributed by atoms with E-state index < -0.39 is 72.4 Å². The van der Waals surface area contributed by atoms with Crippen molar-refractivity contribution in [3.63, 3.8) is 0 Å². The van der Waals surface area contributed by atoms with Crippen molar-refractivity contribution in [1.82, 2.24) is 24.8 Å². The maximum atomic E-state index is 14.3. The molecule has 0 bridgehead atoms. The zero-order valence-corrected chi connectivity index (χ0v) is 42.9. The van der Waals surface area contributed by atoms with Crippen LogP contribution in [0.2, 0.25) is 0 Å². The van der Waals surface area contributed by atoms with Crippen LogP contribution in [0, 0.1) is 0 Å². The molecule has 2 aliphatic heterocycles. The highest BCUT2D eigenvalue weighted by molar-refractivity contribution is 6.38. The molecule has 1 unspecified atom stereocenters. The Balaban J connectivity index is 0.000000201. The largest absolute Gasteiger partial charge is 0.460 e. The van der Waals surface area contributed by atoms with Gasteiger partial charge in [-0.15, -0.1) is 12.4 Å². The molecule has 8 aromatic rings. The number of Topliss-reactive ketones (excluding diaryl/α,β-unsaturated/α-hetero) is 2. The number of aromatic nitrogens is 4. The van der Waals surface area contributed by atoms with Gasteiger partial charge in [0.05, 0.1) is 61.0 Å². The van der Waals surface area contributed by atoms with Crippen LogP contribution in [0.3, 0.4) is 0 Å². The molecule has 6 heterocycles. The van der Waals surface area contributed by atoms with Gasteiger partial charge in [0, 0.05) is 60.6 Å². The highest BCUT2D eigenvalue weighted by atomic mass is 35.5.